The smallest absolute Gasteiger partial charge is 0.0852 e. The van der Waals surface area contributed by atoms with Gasteiger partial charge >= 0.3 is 0 Å². The molecule has 2 nitrogen and oxygen atoms in total. The Morgan fingerprint density at radius 3 is 2.24 bits per heavy atom. The van der Waals surface area contributed by atoms with Crippen LogP contribution in [0, 0.1) is 0 Å². The van der Waals surface area contributed by atoms with Crippen LogP contribution in [-0.2, 0) is 0 Å². The summed E-state index contributed by atoms with van der Waals surface area (Å²) in [7, 11) is -1.41. The van der Waals surface area contributed by atoms with E-state index < -0.39 is 8.07 Å². The molecule has 0 amide bonds. The highest BCUT2D eigenvalue weighted by molar-refractivity contribution is 6.91. The molecule has 0 unspecified atom stereocenters. The molecule has 1 aromatic carbocycles. The number of hydrogen-bond acceptors (Lipinski definition) is 2. The summed E-state index contributed by atoms with van der Waals surface area (Å²) in [5.41, 5.74) is 0.838. The number of hydrogen-bond donors (Lipinski definition) is 2. The number of piperidine rings is 1. The molecule has 1 heterocycles. The van der Waals surface area contributed by atoms with Gasteiger partial charge in [0.1, 0.15) is 0 Å². The standard InChI is InChI=1S/C22H39NOSi/c1-19-22(25(2,3)21-14-10-8-11-15-21)17-16-20(23-19)13-9-6-4-5-7-12-18-24/h8,10-11,14-15,19-20,22-24H,4-7,9,12-13,16-18H2,1-3H3/t19-,20+,22-/m0/s1. The van der Waals surface area contributed by atoms with E-state index in [1.54, 1.807) is 5.19 Å². The molecule has 3 heteroatoms. The molecule has 1 aromatic rings. The number of unbranched alkanes of at least 4 members (excludes halogenated alkanes) is 5. The Morgan fingerprint density at radius 1 is 0.960 bits per heavy atom. The van der Waals surface area contributed by atoms with Gasteiger partial charge in [-0.2, -0.15) is 0 Å². The van der Waals surface area contributed by atoms with Gasteiger partial charge in [-0.3, -0.25) is 0 Å². The Kier molecular flexibility index (Phi) is 8.67. The Labute approximate surface area is 156 Å². The van der Waals surface area contributed by atoms with Crippen LogP contribution in [0.2, 0.25) is 18.6 Å². The summed E-state index contributed by atoms with van der Waals surface area (Å²) >= 11 is 0. The van der Waals surface area contributed by atoms with Crippen LogP contribution in [0.25, 0.3) is 0 Å². The quantitative estimate of drug-likeness (QED) is 0.462. The zero-order valence-electron chi connectivity index (χ0n) is 16.6. The van der Waals surface area contributed by atoms with Crippen molar-refractivity contribution < 1.29 is 5.11 Å². The molecule has 2 N–H and O–H groups in total. The van der Waals surface area contributed by atoms with Gasteiger partial charge in [-0.25, -0.2) is 0 Å². The van der Waals surface area contributed by atoms with Crippen molar-refractivity contribution in [2.24, 2.45) is 0 Å². The summed E-state index contributed by atoms with van der Waals surface area (Å²) in [5.74, 6) is 0. The maximum absolute atomic E-state index is 8.81. The van der Waals surface area contributed by atoms with Crippen LogP contribution in [0.3, 0.4) is 0 Å². The van der Waals surface area contributed by atoms with Crippen molar-refractivity contribution in [2.45, 2.75) is 95.4 Å². The molecule has 3 atom stereocenters. The fourth-order valence-corrected chi connectivity index (χ4v) is 8.42. The second-order valence-electron chi connectivity index (χ2n) is 8.56. The lowest BCUT2D eigenvalue weighted by molar-refractivity contribution is 0.281. The average molecular weight is 362 g/mol. The molecule has 1 fully saturated rings. The van der Waals surface area contributed by atoms with Crippen molar-refractivity contribution in [3.63, 3.8) is 0 Å². The van der Waals surface area contributed by atoms with Crippen LogP contribution in [-0.4, -0.2) is 31.9 Å². The molecule has 1 saturated heterocycles. The van der Waals surface area contributed by atoms with Gasteiger partial charge in [0, 0.05) is 18.7 Å². The third-order valence-electron chi connectivity index (χ3n) is 6.33. The number of benzene rings is 1. The number of aliphatic hydroxyl groups excluding tert-OH is 1. The van der Waals surface area contributed by atoms with Crippen molar-refractivity contribution in [3.8, 4) is 0 Å². The molecule has 0 aliphatic carbocycles. The van der Waals surface area contributed by atoms with E-state index in [9.17, 15) is 0 Å². The maximum atomic E-state index is 8.81. The maximum Gasteiger partial charge on any atom is 0.0852 e. The van der Waals surface area contributed by atoms with Gasteiger partial charge in [0.25, 0.3) is 0 Å². The fraction of sp³-hybridized carbons (Fsp3) is 0.727. The van der Waals surface area contributed by atoms with E-state index in [2.05, 4.69) is 55.7 Å². The van der Waals surface area contributed by atoms with Gasteiger partial charge in [-0.15, -0.1) is 0 Å². The summed E-state index contributed by atoms with van der Waals surface area (Å²) in [5, 5.41) is 14.4. The SMILES string of the molecule is C[C@@H]1N[C@H](CCCCCCCCO)CC[C@@H]1[Si](C)(C)c1ccccc1. The van der Waals surface area contributed by atoms with Gasteiger partial charge in [-0.1, -0.05) is 80.7 Å². The van der Waals surface area contributed by atoms with Gasteiger partial charge in [0.2, 0.25) is 0 Å². The van der Waals surface area contributed by atoms with Crippen molar-refractivity contribution in [3.05, 3.63) is 30.3 Å². The number of nitrogens with one attached hydrogen (secondary N) is 1. The lowest BCUT2D eigenvalue weighted by Crippen LogP contribution is -2.56. The largest absolute Gasteiger partial charge is 0.396 e. The Hall–Kier alpha value is -0.643. The molecule has 0 aromatic heterocycles. The van der Waals surface area contributed by atoms with E-state index in [0.717, 1.165) is 18.0 Å². The van der Waals surface area contributed by atoms with Crippen LogP contribution < -0.4 is 10.5 Å². The van der Waals surface area contributed by atoms with Crippen LogP contribution in [0.5, 0.6) is 0 Å². The van der Waals surface area contributed by atoms with Crippen molar-refractivity contribution >= 4 is 13.3 Å². The van der Waals surface area contributed by atoms with Crippen molar-refractivity contribution in [1.29, 1.82) is 0 Å². The van der Waals surface area contributed by atoms with Crippen molar-refractivity contribution in [1.82, 2.24) is 5.32 Å². The average Bonchev–Trinajstić information content (AvgIpc) is 2.61. The molecular weight excluding hydrogens is 322 g/mol. The molecular formula is C22H39NOSi. The first-order valence-electron chi connectivity index (χ1n) is 10.5. The molecule has 142 valence electrons. The fourth-order valence-electron chi connectivity index (χ4n) is 4.71. The minimum Gasteiger partial charge on any atom is -0.396 e. The predicted octanol–water partition coefficient (Wildman–Crippen LogP) is 4.84. The van der Waals surface area contributed by atoms with Gasteiger partial charge < -0.3 is 10.4 Å². The third kappa shape index (κ3) is 6.23. The summed E-state index contributed by atoms with van der Waals surface area (Å²) in [6.45, 7) is 7.88. The van der Waals surface area contributed by atoms with Crippen LogP contribution in [0.1, 0.15) is 64.7 Å². The Bertz CT molecular complexity index is 476. The predicted molar refractivity (Wildman–Crippen MR) is 112 cm³/mol. The zero-order valence-corrected chi connectivity index (χ0v) is 17.6. The third-order valence-corrected chi connectivity index (χ3v) is 10.8. The number of rotatable bonds is 10. The zero-order chi connectivity index (χ0) is 18.1. The van der Waals surface area contributed by atoms with E-state index in [1.807, 2.05) is 0 Å². The summed E-state index contributed by atoms with van der Waals surface area (Å²) in [6, 6.07) is 12.6. The monoisotopic (exact) mass is 361 g/mol. The van der Waals surface area contributed by atoms with E-state index in [0.29, 0.717) is 12.6 Å². The highest BCUT2D eigenvalue weighted by Crippen LogP contribution is 2.35. The molecule has 0 saturated carbocycles. The minimum atomic E-state index is -1.41. The first kappa shape index (κ1) is 20.7. The summed E-state index contributed by atoms with van der Waals surface area (Å²) < 4.78 is 0. The topological polar surface area (TPSA) is 32.3 Å². The molecule has 1 aliphatic heterocycles. The second-order valence-corrected chi connectivity index (χ2v) is 13.3. The highest BCUT2D eigenvalue weighted by Gasteiger charge is 2.39. The van der Waals surface area contributed by atoms with Crippen LogP contribution in [0.15, 0.2) is 30.3 Å². The van der Waals surface area contributed by atoms with E-state index in [1.165, 1.54) is 51.4 Å². The first-order chi connectivity index (χ1) is 12.1. The first-order valence-corrected chi connectivity index (χ1v) is 13.6. The second kappa shape index (κ2) is 10.5. The Morgan fingerprint density at radius 2 is 1.60 bits per heavy atom. The molecule has 0 spiro atoms. The summed E-state index contributed by atoms with van der Waals surface area (Å²) in [4.78, 5) is 0. The molecule has 2 rings (SSSR count). The molecule has 1 aliphatic rings. The lowest BCUT2D eigenvalue weighted by atomic mass is 9.94. The van der Waals surface area contributed by atoms with Crippen molar-refractivity contribution in [2.75, 3.05) is 6.61 Å². The Balaban J connectivity index is 1.73. The molecule has 25 heavy (non-hydrogen) atoms. The highest BCUT2D eigenvalue weighted by atomic mass is 28.3. The van der Waals surface area contributed by atoms with Gasteiger partial charge in [0.15, 0.2) is 0 Å². The van der Waals surface area contributed by atoms with E-state index in [-0.39, 0.29) is 0 Å². The lowest BCUT2D eigenvalue weighted by Gasteiger charge is -2.43. The van der Waals surface area contributed by atoms with Gasteiger partial charge in [-0.05, 0) is 38.1 Å². The summed E-state index contributed by atoms with van der Waals surface area (Å²) in [6.07, 6.45) is 11.6. The van der Waals surface area contributed by atoms with Crippen LogP contribution >= 0.6 is 0 Å². The van der Waals surface area contributed by atoms with E-state index >= 15 is 0 Å². The number of aliphatic hydroxyl groups is 1. The minimum absolute atomic E-state index is 0.355. The molecule has 0 radical (unpaired) electrons. The van der Waals surface area contributed by atoms with Crippen LogP contribution in [0.4, 0.5) is 0 Å². The van der Waals surface area contributed by atoms with E-state index in [4.69, 9.17) is 5.11 Å². The van der Waals surface area contributed by atoms with Gasteiger partial charge in [0.05, 0.1) is 8.07 Å². The normalized spacial score (nSPS) is 24.4. The molecule has 0 bridgehead atoms.